The second kappa shape index (κ2) is 5.52. The van der Waals surface area contributed by atoms with E-state index in [4.69, 9.17) is 5.26 Å². The average molecular weight is 306 g/mol. The van der Waals surface area contributed by atoms with Crippen molar-refractivity contribution in [1.82, 2.24) is 4.37 Å². The van der Waals surface area contributed by atoms with Crippen molar-refractivity contribution in [3.8, 4) is 17.0 Å². The fourth-order valence-corrected chi connectivity index (χ4v) is 1.50. The van der Waals surface area contributed by atoms with Crippen LogP contribution in [0.2, 0.25) is 0 Å². The Balaban J connectivity index is 3.00. The van der Waals surface area contributed by atoms with Crippen LogP contribution in [-0.2, 0) is 0 Å². The Kier molecular flexibility index (Phi) is 4.46. The van der Waals surface area contributed by atoms with Crippen molar-refractivity contribution in [2.45, 2.75) is 12.2 Å². The second-order valence-electron chi connectivity index (χ2n) is 3.01. The van der Waals surface area contributed by atoms with Crippen LogP contribution in [0.3, 0.4) is 0 Å². The first-order valence-corrected chi connectivity index (χ1v) is 5.17. The van der Waals surface area contributed by atoms with Crippen molar-refractivity contribution >= 4 is 11.5 Å². The smallest absolute Gasteiger partial charge is 0.417 e. The summed E-state index contributed by atoms with van der Waals surface area (Å²) in [7, 11) is 0. The largest absolute Gasteiger partial charge is 0.428 e. The van der Waals surface area contributed by atoms with Crippen LogP contribution in [0.15, 0.2) is 0 Å². The van der Waals surface area contributed by atoms with E-state index in [-0.39, 0.29) is 11.5 Å². The standard InChI is InChI=1S/C8H4F6N2O2S/c9-2-7(11,12)17-5-4(1-15)6(19-16-5)18-8(13,14)3-10/h2-3H2. The van der Waals surface area contributed by atoms with Crippen molar-refractivity contribution in [2.75, 3.05) is 13.3 Å². The summed E-state index contributed by atoms with van der Waals surface area (Å²) in [6, 6.07) is 1.22. The van der Waals surface area contributed by atoms with Gasteiger partial charge in [-0.1, -0.05) is 0 Å². The molecule has 4 nitrogen and oxygen atoms in total. The number of aromatic nitrogens is 1. The minimum absolute atomic E-state index is 0.0720. The minimum Gasteiger partial charge on any atom is -0.417 e. The summed E-state index contributed by atoms with van der Waals surface area (Å²) in [5, 5.41) is 7.70. The van der Waals surface area contributed by atoms with E-state index < -0.39 is 42.1 Å². The van der Waals surface area contributed by atoms with E-state index in [1.807, 2.05) is 0 Å². The summed E-state index contributed by atoms with van der Waals surface area (Å²) in [4.78, 5) is 0. The zero-order chi connectivity index (χ0) is 14.7. The van der Waals surface area contributed by atoms with Crippen LogP contribution in [0, 0.1) is 11.3 Å². The van der Waals surface area contributed by atoms with Gasteiger partial charge in [-0.3, -0.25) is 0 Å². The van der Waals surface area contributed by atoms with E-state index in [0.717, 1.165) is 0 Å². The summed E-state index contributed by atoms with van der Waals surface area (Å²) in [5.41, 5.74) is -0.897. The molecule has 0 amide bonds. The normalized spacial score (nSPS) is 12.1. The molecular formula is C8H4F6N2O2S. The van der Waals surface area contributed by atoms with E-state index in [1.165, 1.54) is 6.07 Å². The highest BCUT2D eigenvalue weighted by Crippen LogP contribution is 2.37. The molecule has 1 aromatic rings. The Morgan fingerprint density at radius 3 is 2.11 bits per heavy atom. The van der Waals surface area contributed by atoms with Gasteiger partial charge in [0.05, 0.1) is 0 Å². The lowest BCUT2D eigenvalue weighted by Crippen LogP contribution is -2.28. The van der Waals surface area contributed by atoms with Gasteiger partial charge in [-0.15, -0.1) is 0 Å². The van der Waals surface area contributed by atoms with Crippen molar-refractivity contribution in [3.63, 3.8) is 0 Å². The van der Waals surface area contributed by atoms with Gasteiger partial charge in [-0.2, -0.15) is 27.2 Å². The summed E-state index contributed by atoms with van der Waals surface area (Å²) in [6.45, 7) is -4.39. The summed E-state index contributed by atoms with van der Waals surface area (Å²) in [5.74, 6) is -1.07. The number of nitriles is 1. The predicted octanol–water partition coefficient (Wildman–Crippen LogP) is 2.90. The molecule has 0 bridgehead atoms. The van der Waals surface area contributed by atoms with Crippen molar-refractivity contribution in [1.29, 1.82) is 5.26 Å². The van der Waals surface area contributed by atoms with Gasteiger partial charge < -0.3 is 9.47 Å². The van der Waals surface area contributed by atoms with E-state index >= 15 is 0 Å². The Labute approximate surface area is 106 Å². The monoisotopic (exact) mass is 306 g/mol. The molecule has 1 aromatic heterocycles. The summed E-state index contributed by atoms with van der Waals surface area (Å²) in [6.07, 6.45) is -8.50. The lowest BCUT2D eigenvalue weighted by molar-refractivity contribution is -0.189. The van der Waals surface area contributed by atoms with Crippen LogP contribution in [0.5, 0.6) is 10.9 Å². The van der Waals surface area contributed by atoms with E-state index in [2.05, 4.69) is 13.8 Å². The fraction of sp³-hybridized carbons (Fsp3) is 0.500. The van der Waals surface area contributed by atoms with Crippen LogP contribution in [0.4, 0.5) is 26.3 Å². The maximum atomic E-state index is 12.6. The third-order valence-corrected chi connectivity index (χ3v) is 2.25. The molecule has 0 saturated carbocycles. The quantitative estimate of drug-likeness (QED) is 0.758. The molecule has 0 fully saturated rings. The third-order valence-electron chi connectivity index (χ3n) is 1.54. The van der Waals surface area contributed by atoms with Gasteiger partial charge in [0.2, 0.25) is 5.06 Å². The maximum Gasteiger partial charge on any atom is 0.428 e. The Morgan fingerprint density at radius 2 is 1.63 bits per heavy atom. The topological polar surface area (TPSA) is 55.1 Å². The second-order valence-corrected chi connectivity index (χ2v) is 3.74. The third kappa shape index (κ3) is 3.88. The van der Waals surface area contributed by atoms with Gasteiger partial charge in [0.1, 0.15) is 6.07 Å². The Morgan fingerprint density at radius 1 is 1.11 bits per heavy atom. The highest BCUT2D eigenvalue weighted by molar-refractivity contribution is 7.08. The molecular weight excluding hydrogens is 302 g/mol. The zero-order valence-corrected chi connectivity index (χ0v) is 9.62. The molecule has 106 valence electrons. The Hall–Kier alpha value is -1.70. The van der Waals surface area contributed by atoms with Gasteiger partial charge in [0.15, 0.2) is 18.9 Å². The van der Waals surface area contributed by atoms with E-state index in [0.29, 0.717) is 0 Å². The molecule has 1 heterocycles. The van der Waals surface area contributed by atoms with Gasteiger partial charge in [0, 0.05) is 11.5 Å². The van der Waals surface area contributed by atoms with Crippen LogP contribution in [0.25, 0.3) is 0 Å². The predicted molar refractivity (Wildman–Crippen MR) is 49.9 cm³/mol. The molecule has 0 aliphatic rings. The molecule has 0 radical (unpaired) electrons. The van der Waals surface area contributed by atoms with Gasteiger partial charge >= 0.3 is 12.2 Å². The van der Waals surface area contributed by atoms with Crippen LogP contribution < -0.4 is 9.47 Å². The fourth-order valence-electron chi connectivity index (χ4n) is 0.826. The number of halogens is 6. The lowest BCUT2D eigenvalue weighted by atomic mass is 10.4. The number of hydrogen-bond donors (Lipinski definition) is 0. The molecule has 19 heavy (non-hydrogen) atoms. The highest BCUT2D eigenvalue weighted by atomic mass is 32.1. The van der Waals surface area contributed by atoms with E-state index in [1.54, 1.807) is 0 Å². The molecule has 0 aliphatic heterocycles. The number of nitrogens with zero attached hydrogens (tertiary/aromatic N) is 2. The molecule has 11 heteroatoms. The SMILES string of the molecule is N#Cc1c(OC(F)(F)CF)nsc1OC(F)(F)CF. The van der Waals surface area contributed by atoms with Crippen molar-refractivity contribution in [2.24, 2.45) is 0 Å². The lowest BCUT2D eigenvalue weighted by Gasteiger charge is -2.13. The average Bonchev–Trinajstić information content (AvgIpc) is 2.70. The minimum atomic E-state index is -4.26. The molecule has 0 unspecified atom stereocenters. The first kappa shape index (κ1) is 15.4. The van der Waals surface area contributed by atoms with Crippen molar-refractivity contribution in [3.05, 3.63) is 5.56 Å². The van der Waals surface area contributed by atoms with Crippen LogP contribution in [0.1, 0.15) is 5.56 Å². The number of alkyl halides is 6. The maximum absolute atomic E-state index is 12.6. The van der Waals surface area contributed by atoms with E-state index in [9.17, 15) is 26.3 Å². The van der Waals surface area contributed by atoms with Crippen LogP contribution in [-0.4, -0.2) is 29.9 Å². The molecule has 1 rings (SSSR count). The highest BCUT2D eigenvalue weighted by Gasteiger charge is 2.38. The van der Waals surface area contributed by atoms with Gasteiger partial charge in [-0.05, 0) is 0 Å². The number of rotatable bonds is 6. The molecule has 0 spiro atoms. The first-order valence-electron chi connectivity index (χ1n) is 4.40. The molecule has 0 aliphatic carbocycles. The number of hydrogen-bond acceptors (Lipinski definition) is 5. The molecule has 0 aromatic carbocycles. The summed E-state index contributed by atoms with van der Waals surface area (Å²) < 4.78 is 84.7. The van der Waals surface area contributed by atoms with Crippen LogP contribution >= 0.6 is 11.5 Å². The molecule has 0 saturated heterocycles. The van der Waals surface area contributed by atoms with Gasteiger partial charge in [-0.25, -0.2) is 8.78 Å². The van der Waals surface area contributed by atoms with Crippen molar-refractivity contribution < 1.29 is 35.8 Å². The first-order chi connectivity index (χ1) is 8.74. The summed E-state index contributed by atoms with van der Waals surface area (Å²) >= 11 is 0.0720. The molecule has 0 N–H and O–H groups in total. The Bertz CT molecular complexity index is 451. The molecule has 0 atom stereocenters. The van der Waals surface area contributed by atoms with Gasteiger partial charge in [0.25, 0.3) is 5.88 Å². The number of ether oxygens (including phenoxy) is 2. The zero-order valence-electron chi connectivity index (χ0n) is 8.80.